The molecule has 2 aromatic rings. The Labute approximate surface area is 198 Å². The molecule has 0 saturated carbocycles. The van der Waals surface area contributed by atoms with Crippen LogP contribution in [0.3, 0.4) is 0 Å². The highest BCUT2D eigenvalue weighted by Crippen LogP contribution is 2.35. The average molecular weight is 455 g/mol. The Bertz CT molecular complexity index is 858. The number of hydrogen-bond donors (Lipinski definition) is 1. The van der Waals surface area contributed by atoms with E-state index >= 15 is 0 Å². The van der Waals surface area contributed by atoms with Crippen LogP contribution in [0.1, 0.15) is 45.3 Å². The summed E-state index contributed by atoms with van der Waals surface area (Å²) in [7, 11) is 0. The molecule has 1 saturated heterocycles. The monoisotopic (exact) mass is 454 g/mol. The summed E-state index contributed by atoms with van der Waals surface area (Å²) in [5.74, 6) is 2.14. The Morgan fingerprint density at radius 1 is 1.12 bits per heavy atom. The first-order chi connectivity index (χ1) is 16.0. The Morgan fingerprint density at radius 3 is 2.48 bits per heavy atom. The van der Waals surface area contributed by atoms with Gasteiger partial charge in [0.15, 0.2) is 11.5 Å². The molecule has 3 atom stereocenters. The number of morpholine rings is 1. The number of carbonyl (C=O) groups is 1. The van der Waals surface area contributed by atoms with Gasteiger partial charge in [0.05, 0.1) is 25.9 Å². The van der Waals surface area contributed by atoms with Crippen molar-refractivity contribution in [2.24, 2.45) is 17.6 Å². The molecule has 6 nitrogen and oxygen atoms in total. The van der Waals surface area contributed by atoms with Crippen molar-refractivity contribution in [3.8, 4) is 11.5 Å². The van der Waals surface area contributed by atoms with Crippen LogP contribution in [0.15, 0.2) is 54.6 Å². The van der Waals surface area contributed by atoms with Crippen molar-refractivity contribution in [1.29, 1.82) is 0 Å². The van der Waals surface area contributed by atoms with Crippen LogP contribution in [0.25, 0.3) is 0 Å². The van der Waals surface area contributed by atoms with Crippen molar-refractivity contribution in [1.82, 2.24) is 4.90 Å². The third-order valence-corrected chi connectivity index (χ3v) is 5.97. The zero-order chi connectivity index (χ0) is 23.6. The SMILES string of the molecule is CCOc1ccccc1OC(c1ccccc1)C1COCCN1C(=O)CC(CN)CC(C)C. The van der Waals surface area contributed by atoms with Crippen molar-refractivity contribution in [2.45, 2.75) is 45.8 Å². The number of para-hydroxylation sites is 2. The van der Waals surface area contributed by atoms with Crippen LogP contribution in [0.2, 0.25) is 0 Å². The molecule has 1 aliphatic heterocycles. The molecule has 1 heterocycles. The number of nitrogens with two attached hydrogens (primary N) is 1. The van der Waals surface area contributed by atoms with Crippen molar-refractivity contribution >= 4 is 5.91 Å². The van der Waals surface area contributed by atoms with E-state index in [0.717, 1.165) is 12.0 Å². The maximum absolute atomic E-state index is 13.5. The predicted octanol–water partition coefficient (Wildman–Crippen LogP) is 4.44. The largest absolute Gasteiger partial charge is 0.490 e. The van der Waals surface area contributed by atoms with Crippen molar-refractivity contribution in [3.63, 3.8) is 0 Å². The molecule has 6 heteroatoms. The standard InChI is InChI=1S/C27H38N2O4/c1-4-32-24-12-8-9-13-25(24)33-27(22-10-6-5-7-11-22)23-19-31-15-14-29(23)26(30)17-21(18-28)16-20(2)3/h5-13,20-21,23,27H,4,14-19,28H2,1-3H3. The van der Waals surface area contributed by atoms with Gasteiger partial charge >= 0.3 is 0 Å². The first-order valence-electron chi connectivity index (χ1n) is 12.0. The molecule has 3 rings (SSSR count). The van der Waals surface area contributed by atoms with Crippen molar-refractivity contribution < 1.29 is 19.0 Å². The quantitative estimate of drug-likeness (QED) is 0.543. The van der Waals surface area contributed by atoms with Gasteiger partial charge in [-0.2, -0.15) is 0 Å². The number of amides is 1. The van der Waals surface area contributed by atoms with Gasteiger partial charge in [-0.15, -0.1) is 0 Å². The van der Waals surface area contributed by atoms with Crippen LogP contribution in [-0.4, -0.2) is 49.8 Å². The lowest BCUT2D eigenvalue weighted by Gasteiger charge is -2.41. The minimum Gasteiger partial charge on any atom is -0.490 e. The number of ether oxygens (including phenoxy) is 3. The van der Waals surface area contributed by atoms with E-state index in [1.54, 1.807) is 0 Å². The molecule has 1 fully saturated rings. The van der Waals surface area contributed by atoms with E-state index < -0.39 is 6.10 Å². The fourth-order valence-corrected chi connectivity index (χ4v) is 4.45. The van der Waals surface area contributed by atoms with E-state index in [9.17, 15) is 4.79 Å². The zero-order valence-electron chi connectivity index (χ0n) is 20.1. The molecule has 180 valence electrons. The van der Waals surface area contributed by atoms with Crippen LogP contribution in [0, 0.1) is 11.8 Å². The van der Waals surface area contributed by atoms with E-state index in [4.69, 9.17) is 19.9 Å². The molecular formula is C27H38N2O4. The van der Waals surface area contributed by atoms with Gasteiger partial charge < -0.3 is 24.8 Å². The lowest BCUT2D eigenvalue weighted by molar-refractivity contribution is -0.145. The topological polar surface area (TPSA) is 74.0 Å². The maximum Gasteiger partial charge on any atom is 0.223 e. The molecule has 0 aliphatic carbocycles. The van der Waals surface area contributed by atoms with Gasteiger partial charge in [0, 0.05) is 13.0 Å². The minimum absolute atomic E-state index is 0.113. The molecule has 1 amide bonds. The summed E-state index contributed by atoms with van der Waals surface area (Å²) in [6, 6.07) is 17.4. The first kappa shape index (κ1) is 25.1. The average Bonchev–Trinajstić information content (AvgIpc) is 2.83. The molecule has 2 N–H and O–H groups in total. The maximum atomic E-state index is 13.5. The predicted molar refractivity (Wildman–Crippen MR) is 130 cm³/mol. The summed E-state index contributed by atoms with van der Waals surface area (Å²) in [6.07, 6.45) is 0.998. The van der Waals surface area contributed by atoms with Gasteiger partial charge in [0.1, 0.15) is 6.10 Å². The van der Waals surface area contributed by atoms with Crippen molar-refractivity contribution in [2.75, 3.05) is 32.9 Å². The van der Waals surface area contributed by atoms with Crippen molar-refractivity contribution in [3.05, 3.63) is 60.2 Å². The summed E-state index contributed by atoms with van der Waals surface area (Å²) in [6.45, 7) is 8.83. The minimum atomic E-state index is -0.390. The highest BCUT2D eigenvalue weighted by molar-refractivity contribution is 5.77. The molecule has 2 aromatic carbocycles. The molecule has 3 unspecified atom stereocenters. The highest BCUT2D eigenvalue weighted by atomic mass is 16.5. The third kappa shape index (κ3) is 6.95. The lowest BCUT2D eigenvalue weighted by atomic mass is 9.92. The molecule has 0 spiro atoms. The zero-order valence-corrected chi connectivity index (χ0v) is 20.1. The van der Waals surface area contributed by atoms with Crippen LogP contribution >= 0.6 is 0 Å². The van der Waals surface area contributed by atoms with Gasteiger partial charge in [0.25, 0.3) is 0 Å². The lowest BCUT2D eigenvalue weighted by Crippen LogP contribution is -2.53. The number of carbonyl (C=O) groups excluding carboxylic acids is 1. The number of benzene rings is 2. The number of nitrogens with zero attached hydrogens (tertiary/aromatic N) is 1. The molecule has 0 radical (unpaired) electrons. The van der Waals surface area contributed by atoms with Gasteiger partial charge in [-0.3, -0.25) is 4.79 Å². The summed E-state index contributed by atoms with van der Waals surface area (Å²) >= 11 is 0. The van der Waals surface area contributed by atoms with Gasteiger partial charge in [-0.1, -0.05) is 56.3 Å². The third-order valence-electron chi connectivity index (χ3n) is 5.97. The molecule has 33 heavy (non-hydrogen) atoms. The van der Waals surface area contributed by atoms with Crippen LogP contribution < -0.4 is 15.2 Å². The first-order valence-corrected chi connectivity index (χ1v) is 12.0. The second-order valence-electron chi connectivity index (χ2n) is 8.99. The fourth-order valence-electron chi connectivity index (χ4n) is 4.45. The van der Waals surface area contributed by atoms with E-state index in [-0.39, 0.29) is 17.9 Å². The van der Waals surface area contributed by atoms with Crippen LogP contribution in [0.5, 0.6) is 11.5 Å². The Balaban J connectivity index is 1.89. The van der Waals surface area contributed by atoms with Gasteiger partial charge in [-0.25, -0.2) is 0 Å². The van der Waals surface area contributed by atoms with E-state index in [0.29, 0.717) is 56.7 Å². The smallest absolute Gasteiger partial charge is 0.223 e. The second-order valence-corrected chi connectivity index (χ2v) is 8.99. The van der Waals surface area contributed by atoms with Gasteiger partial charge in [0.2, 0.25) is 5.91 Å². The Morgan fingerprint density at radius 2 is 1.82 bits per heavy atom. The Hall–Kier alpha value is -2.57. The van der Waals surface area contributed by atoms with Crippen LogP contribution in [-0.2, 0) is 9.53 Å². The molecule has 0 aromatic heterocycles. The van der Waals surface area contributed by atoms with E-state index in [1.165, 1.54) is 0 Å². The summed E-state index contributed by atoms with van der Waals surface area (Å²) in [5, 5.41) is 0. The fraction of sp³-hybridized carbons (Fsp3) is 0.519. The number of hydrogen-bond acceptors (Lipinski definition) is 5. The summed E-state index contributed by atoms with van der Waals surface area (Å²) < 4.78 is 18.2. The molecule has 0 bridgehead atoms. The second kappa shape index (κ2) is 12.6. The molecular weight excluding hydrogens is 416 g/mol. The van der Waals surface area contributed by atoms with Gasteiger partial charge in [-0.05, 0) is 49.4 Å². The van der Waals surface area contributed by atoms with E-state index in [1.807, 2.05) is 66.4 Å². The van der Waals surface area contributed by atoms with E-state index in [2.05, 4.69) is 13.8 Å². The highest BCUT2D eigenvalue weighted by Gasteiger charge is 2.37. The van der Waals surface area contributed by atoms with Crippen LogP contribution in [0.4, 0.5) is 0 Å². The Kier molecular flexibility index (Phi) is 9.58. The summed E-state index contributed by atoms with van der Waals surface area (Å²) in [4.78, 5) is 15.4. The summed E-state index contributed by atoms with van der Waals surface area (Å²) in [5.41, 5.74) is 6.99. The normalized spacial score (nSPS) is 18.1. The molecule has 1 aliphatic rings. The number of rotatable bonds is 11.